The number of pyridine rings is 1. The molecule has 2 aliphatic heterocycles. The quantitative estimate of drug-likeness (QED) is 0.807. The second-order valence-corrected chi connectivity index (χ2v) is 8.44. The van der Waals surface area contributed by atoms with Gasteiger partial charge in [0.25, 0.3) is 5.56 Å². The Bertz CT molecular complexity index is 953. The van der Waals surface area contributed by atoms with Gasteiger partial charge in [0.15, 0.2) is 0 Å². The van der Waals surface area contributed by atoms with Gasteiger partial charge in [0.1, 0.15) is 18.2 Å². The molecule has 4 heterocycles. The van der Waals surface area contributed by atoms with Crippen LogP contribution in [-0.2, 0) is 17.9 Å². The second-order valence-electron chi connectivity index (χ2n) is 8.44. The predicted octanol–water partition coefficient (Wildman–Crippen LogP) is 1.47. The molecular weight excluding hydrogens is 392 g/mol. The number of piperidine rings is 1. The fourth-order valence-electron chi connectivity index (χ4n) is 4.46. The average Bonchev–Trinajstić information content (AvgIpc) is 3.01. The summed E-state index contributed by atoms with van der Waals surface area (Å²) in [6.07, 6.45) is 1.03. The zero-order valence-corrected chi connectivity index (χ0v) is 17.9. The van der Waals surface area contributed by atoms with Crippen LogP contribution < -0.4 is 11.3 Å². The SMILES string of the molecule is Cc1nc([C@@H](N)C(C)C)n(CC(=O)N2C[C@@H]3C[C@H](C2)c2cccc(=O)n2C3)n1.Cl. The van der Waals surface area contributed by atoms with Crippen LogP contribution in [0.5, 0.6) is 0 Å². The summed E-state index contributed by atoms with van der Waals surface area (Å²) in [4.78, 5) is 31.6. The highest BCUT2D eigenvalue weighted by Crippen LogP contribution is 2.35. The number of carbonyl (C=O) groups is 1. The molecule has 4 rings (SSSR count). The van der Waals surface area contributed by atoms with Gasteiger partial charge in [0.2, 0.25) is 5.91 Å². The van der Waals surface area contributed by atoms with E-state index in [2.05, 4.69) is 10.1 Å². The molecule has 0 aliphatic carbocycles. The molecule has 8 nitrogen and oxygen atoms in total. The molecule has 29 heavy (non-hydrogen) atoms. The number of amides is 1. The van der Waals surface area contributed by atoms with Crippen molar-refractivity contribution in [1.82, 2.24) is 24.2 Å². The summed E-state index contributed by atoms with van der Waals surface area (Å²) in [6, 6.07) is 5.18. The molecule has 0 radical (unpaired) electrons. The third kappa shape index (κ3) is 4.09. The molecule has 1 saturated heterocycles. The highest BCUT2D eigenvalue weighted by molar-refractivity contribution is 5.85. The number of aryl methyl sites for hydroxylation is 1. The minimum absolute atomic E-state index is 0. The summed E-state index contributed by atoms with van der Waals surface area (Å²) in [5, 5.41) is 4.40. The smallest absolute Gasteiger partial charge is 0.250 e. The van der Waals surface area contributed by atoms with E-state index in [-0.39, 0.29) is 48.3 Å². The molecule has 2 aromatic rings. The maximum absolute atomic E-state index is 13.1. The van der Waals surface area contributed by atoms with Gasteiger partial charge in [0, 0.05) is 37.3 Å². The third-order valence-corrected chi connectivity index (χ3v) is 5.94. The first-order valence-electron chi connectivity index (χ1n) is 9.98. The van der Waals surface area contributed by atoms with Crippen molar-refractivity contribution in [3.8, 4) is 0 Å². The number of halogens is 1. The largest absolute Gasteiger partial charge is 0.340 e. The number of hydrogen-bond acceptors (Lipinski definition) is 5. The lowest BCUT2D eigenvalue weighted by Gasteiger charge is -2.42. The Morgan fingerprint density at radius 3 is 2.76 bits per heavy atom. The van der Waals surface area contributed by atoms with Gasteiger partial charge in [0.05, 0.1) is 6.04 Å². The van der Waals surface area contributed by atoms with E-state index in [0.29, 0.717) is 37.2 Å². The topological polar surface area (TPSA) is 99.0 Å². The maximum atomic E-state index is 13.1. The number of nitrogens with two attached hydrogens (primary N) is 1. The van der Waals surface area contributed by atoms with Crippen molar-refractivity contribution < 1.29 is 4.79 Å². The minimum atomic E-state index is -0.256. The van der Waals surface area contributed by atoms with Gasteiger partial charge in [-0.05, 0) is 31.2 Å². The standard InChI is InChI=1S/C20H28N6O2.ClH/c1-12(2)19(21)20-22-13(3)23-26(20)11-18(28)24-8-14-7-15(10-24)16-5-4-6-17(27)25(16)9-14;/h4-6,12,14-15,19H,7-11,21H2,1-3H3;1H/t14-,15+,19-;/m0./s1. The average molecular weight is 421 g/mol. The van der Waals surface area contributed by atoms with Crippen LogP contribution in [0.4, 0.5) is 0 Å². The third-order valence-electron chi connectivity index (χ3n) is 5.94. The van der Waals surface area contributed by atoms with Crippen LogP contribution in [-0.4, -0.2) is 43.2 Å². The van der Waals surface area contributed by atoms with Gasteiger partial charge >= 0.3 is 0 Å². The number of rotatable bonds is 4. The van der Waals surface area contributed by atoms with Gasteiger partial charge < -0.3 is 15.2 Å². The number of hydrogen-bond donors (Lipinski definition) is 1. The highest BCUT2D eigenvalue weighted by atomic mass is 35.5. The first-order chi connectivity index (χ1) is 13.3. The molecule has 1 amide bonds. The van der Waals surface area contributed by atoms with Crippen LogP contribution in [0, 0.1) is 18.8 Å². The molecule has 0 saturated carbocycles. The van der Waals surface area contributed by atoms with Crippen LogP contribution in [0.15, 0.2) is 23.0 Å². The fraction of sp³-hybridized carbons (Fsp3) is 0.600. The van der Waals surface area contributed by atoms with E-state index in [1.54, 1.807) is 10.7 Å². The van der Waals surface area contributed by atoms with E-state index in [4.69, 9.17) is 5.73 Å². The van der Waals surface area contributed by atoms with Gasteiger partial charge in [-0.25, -0.2) is 9.67 Å². The van der Waals surface area contributed by atoms with Crippen LogP contribution in [0.3, 0.4) is 0 Å². The van der Waals surface area contributed by atoms with Crippen LogP contribution in [0.1, 0.15) is 49.6 Å². The zero-order chi connectivity index (χ0) is 20.0. The van der Waals surface area contributed by atoms with E-state index < -0.39 is 0 Å². The molecule has 9 heteroatoms. The summed E-state index contributed by atoms with van der Waals surface area (Å²) in [5.74, 6) is 2.05. The summed E-state index contributed by atoms with van der Waals surface area (Å²) >= 11 is 0. The highest BCUT2D eigenvalue weighted by Gasteiger charge is 2.36. The molecule has 3 atom stereocenters. The number of fused-ring (bicyclic) bond motifs is 4. The molecule has 1 fully saturated rings. The minimum Gasteiger partial charge on any atom is -0.340 e. The van der Waals surface area contributed by atoms with Crippen LogP contribution in [0.2, 0.25) is 0 Å². The van der Waals surface area contributed by atoms with Crippen molar-refractivity contribution in [2.75, 3.05) is 13.1 Å². The molecule has 0 spiro atoms. The Hall–Kier alpha value is -2.19. The van der Waals surface area contributed by atoms with Crippen molar-refractivity contribution in [3.05, 3.63) is 45.9 Å². The Morgan fingerprint density at radius 1 is 1.28 bits per heavy atom. The molecule has 158 valence electrons. The van der Waals surface area contributed by atoms with Crippen molar-refractivity contribution in [2.24, 2.45) is 17.6 Å². The van der Waals surface area contributed by atoms with E-state index in [9.17, 15) is 9.59 Å². The van der Waals surface area contributed by atoms with Gasteiger partial charge in [-0.15, -0.1) is 12.4 Å². The molecule has 0 aromatic carbocycles. The van der Waals surface area contributed by atoms with E-state index >= 15 is 0 Å². The Balaban J connectivity index is 0.00000240. The molecule has 2 aliphatic rings. The number of carbonyl (C=O) groups excluding carboxylic acids is 1. The number of likely N-dealkylation sites (tertiary alicyclic amines) is 1. The monoisotopic (exact) mass is 420 g/mol. The summed E-state index contributed by atoms with van der Waals surface area (Å²) in [6.45, 7) is 8.03. The number of aromatic nitrogens is 4. The lowest BCUT2D eigenvalue weighted by molar-refractivity contribution is -0.134. The lowest BCUT2D eigenvalue weighted by Crippen LogP contribution is -2.50. The van der Waals surface area contributed by atoms with E-state index in [1.165, 1.54) is 0 Å². The van der Waals surface area contributed by atoms with Crippen molar-refractivity contribution in [3.63, 3.8) is 0 Å². The van der Waals surface area contributed by atoms with E-state index in [0.717, 1.165) is 12.1 Å². The predicted molar refractivity (Wildman–Crippen MR) is 112 cm³/mol. The Labute approximate surface area is 176 Å². The van der Waals surface area contributed by atoms with Gasteiger partial charge in [-0.1, -0.05) is 19.9 Å². The van der Waals surface area contributed by atoms with Crippen molar-refractivity contribution >= 4 is 18.3 Å². The van der Waals surface area contributed by atoms with E-state index in [1.807, 2.05) is 42.4 Å². The normalized spacial score (nSPS) is 21.5. The van der Waals surface area contributed by atoms with Crippen molar-refractivity contribution in [2.45, 2.75) is 52.2 Å². The van der Waals surface area contributed by atoms with Gasteiger partial charge in [-0.2, -0.15) is 5.10 Å². The molecule has 2 bridgehead atoms. The Morgan fingerprint density at radius 2 is 2.03 bits per heavy atom. The van der Waals surface area contributed by atoms with Crippen LogP contribution >= 0.6 is 12.4 Å². The summed E-state index contributed by atoms with van der Waals surface area (Å²) in [5.41, 5.74) is 7.36. The first kappa shape index (κ1) is 21.5. The second kappa shape index (κ2) is 8.28. The molecule has 2 N–H and O–H groups in total. The summed E-state index contributed by atoms with van der Waals surface area (Å²) < 4.78 is 3.53. The maximum Gasteiger partial charge on any atom is 0.250 e. The first-order valence-corrected chi connectivity index (χ1v) is 9.98. The number of nitrogens with zero attached hydrogens (tertiary/aromatic N) is 5. The Kier molecular flexibility index (Phi) is 6.14. The zero-order valence-electron chi connectivity index (χ0n) is 17.1. The molecule has 2 aromatic heterocycles. The summed E-state index contributed by atoms with van der Waals surface area (Å²) in [7, 11) is 0. The lowest BCUT2D eigenvalue weighted by atomic mass is 9.83. The van der Waals surface area contributed by atoms with Gasteiger partial charge in [-0.3, -0.25) is 9.59 Å². The fourth-order valence-corrected chi connectivity index (χ4v) is 4.46. The van der Waals surface area contributed by atoms with Crippen LogP contribution in [0.25, 0.3) is 0 Å². The molecule has 0 unspecified atom stereocenters. The molecular formula is C20H29ClN6O2. The van der Waals surface area contributed by atoms with Crippen molar-refractivity contribution in [1.29, 1.82) is 0 Å².